The third-order valence-corrected chi connectivity index (χ3v) is 5.83. The number of rotatable bonds is 10. The summed E-state index contributed by atoms with van der Waals surface area (Å²) in [6, 6.07) is 11.8. The molecule has 0 radical (unpaired) electrons. The Morgan fingerprint density at radius 3 is 2.00 bits per heavy atom. The third kappa shape index (κ3) is 4.89. The maximum absolute atomic E-state index is 12.8. The van der Waals surface area contributed by atoms with Gasteiger partial charge in [0.15, 0.2) is 5.78 Å². The van der Waals surface area contributed by atoms with E-state index in [0.717, 1.165) is 0 Å². The summed E-state index contributed by atoms with van der Waals surface area (Å²) in [5.74, 6) is 0.884. The largest absolute Gasteiger partial charge is 0.496 e. The molecule has 8 heteroatoms. The van der Waals surface area contributed by atoms with E-state index in [9.17, 15) is 9.36 Å². The predicted octanol–water partition coefficient (Wildman–Crippen LogP) is 3.47. The average Bonchev–Trinajstić information content (AvgIpc) is 2.72. The Hall–Kier alpha value is -2.34. The van der Waals surface area contributed by atoms with Gasteiger partial charge in [-0.15, -0.1) is 0 Å². The Morgan fingerprint density at radius 1 is 0.926 bits per heavy atom. The normalized spacial score (nSPS) is 12.9. The van der Waals surface area contributed by atoms with Crippen LogP contribution in [-0.2, 0) is 13.6 Å². The molecular formula is C19H23O7P. The molecule has 0 aliphatic heterocycles. The first-order valence-electron chi connectivity index (χ1n) is 8.18. The smallest absolute Gasteiger partial charge is 0.361 e. The maximum Gasteiger partial charge on any atom is 0.361 e. The lowest BCUT2D eigenvalue weighted by atomic mass is 10.1. The quantitative estimate of drug-likeness (QED) is 0.451. The van der Waals surface area contributed by atoms with Gasteiger partial charge in [0.1, 0.15) is 22.8 Å². The molecule has 1 unspecified atom stereocenters. The Balaban J connectivity index is 2.15. The number of hydrogen-bond acceptors (Lipinski definition) is 7. The molecule has 2 aromatic carbocycles. The summed E-state index contributed by atoms with van der Waals surface area (Å²) in [5, 5.41) is 0.430. The van der Waals surface area contributed by atoms with Crippen molar-refractivity contribution in [3.8, 4) is 17.2 Å². The molecule has 0 aromatic heterocycles. The lowest BCUT2D eigenvalue weighted by Gasteiger charge is -2.17. The minimum absolute atomic E-state index is 0.0285. The van der Waals surface area contributed by atoms with Gasteiger partial charge < -0.3 is 23.3 Å². The number of ether oxygens (including phenoxy) is 3. The highest BCUT2D eigenvalue weighted by molar-refractivity contribution is 7.62. The molecule has 0 bridgehead atoms. The number of carbonyl (C=O) groups is 1. The van der Waals surface area contributed by atoms with Crippen LogP contribution in [0.25, 0.3) is 0 Å². The van der Waals surface area contributed by atoms with E-state index in [4.69, 9.17) is 23.3 Å². The average molecular weight is 394 g/mol. The fourth-order valence-electron chi connectivity index (χ4n) is 2.51. The van der Waals surface area contributed by atoms with Gasteiger partial charge >= 0.3 is 7.60 Å². The summed E-state index contributed by atoms with van der Waals surface area (Å²) in [7, 11) is 2.24. The van der Waals surface area contributed by atoms with Crippen molar-refractivity contribution >= 4 is 18.7 Å². The second-order valence-corrected chi connectivity index (χ2v) is 7.56. The highest BCUT2D eigenvalue weighted by atomic mass is 31.2. The van der Waals surface area contributed by atoms with Crippen LogP contribution in [0.4, 0.5) is 0 Å². The Bertz CT molecular complexity index is 795. The van der Waals surface area contributed by atoms with Gasteiger partial charge in [-0.1, -0.05) is 18.2 Å². The SMILES string of the molecule is COc1cc(OC)c(C(=O)CCOP(=O)(OC)c2ccccc2)c(OC)c1. The topological polar surface area (TPSA) is 80.3 Å². The van der Waals surface area contributed by atoms with E-state index in [1.165, 1.54) is 28.4 Å². The summed E-state index contributed by atoms with van der Waals surface area (Å²) in [5.41, 5.74) is 0.274. The standard InChI is InChI=1S/C19H23O7P/c1-22-14-12-17(23-2)19(18(13-14)24-3)16(20)10-11-26-27(21,25-4)15-8-6-5-7-9-15/h5-9,12-13H,10-11H2,1-4H3. The van der Waals surface area contributed by atoms with Crippen LogP contribution in [0, 0.1) is 0 Å². The third-order valence-electron chi connectivity index (χ3n) is 3.90. The van der Waals surface area contributed by atoms with E-state index in [1.807, 2.05) is 0 Å². The molecule has 0 aliphatic carbocycles. The Kier molecular flexibility index (Phi) is 7.42. The zero-order valence-electron chi connectivity index (χ0n) is 15.8. The number of carbonyl (C=O) groups excluding carboxylic acids is 1. The number of methoxy groups -OCH3 is 3. The van der Waals surface area contributed by atoms with Gasteiger partial charge in [0.2, 0.25) is 0 Å². The van der Waals surface area contributed by atoms with Gasteiger partial charge in [-0.2, -0.15) is 0 Å². The van der Waals surface area contributed by atoms with Gasteiger partial charge in [-0.3, -0.25) is 9.36 Å². The molecule has 27 heavy (non-hydrogen) atoms. The van der Waals surface area contributed by atoms with E-state index in [2.05, 4.69) is 0 Å². The van der Waals surface area contributed by atoms with E-state index >= 15 is 0 Å². The second-order valence-electron chi connectivity index (χ2n) is 5.43. The van der Waals surface area contributed by atoms with Crippen molar-refractivity contribution in [1.29, 1.82) is 0 Å². The van der Waals surface area contributed by atoms with E-state index in [0.29, 0.717) is 22.6 Å². The number of ketones is 1. The van der Waals surface area contributed by atoms with Crippen molar-refractivity contribution in [3.63, 3.8) is 0 Å². The van der Waals surface area contributed by atoms with Crippen LogP contribution in [0.3, 0.4) is 0 Å². The summed E-state index contributed by atoms with van der Waals surface area (Å²) in [4.78, 5) is 12.7. The van der Waals surface area contributed by atoms with Gasteiger partial charge in [0, 0.05) is 25.7 Å². The fourth-order valence-corrected chi connectivity index (χ4v) is 3.84. The zero-order valence-corrected chi connectivity index (χ0v) is 16.7. The first-order valence-corrected chi connectivity index (χ1v) is 9.72. The minimum atomic E-state index is -3.49. The van der Waals surface area contributed by atoms with E-state index in [-0.39, 0.29) is 24.4 Å². The first kappa shape index (κ1) is 21.0. The van der Waals surface area contributed by atoms with Crippen LogP contribution >= 0.6 is 7.60 Å². The summed E-state index contributed by atoms with van der Waals surface area (Å²) >= 11 is 0. The van der Waals surface area contributed by atoms with Crippen LogP contribution in [0.2, 0.25) is 0 Å². The molecule has 146 valence electrons. The van der Waals surface area contributed by atoms with Crippen LogP contribution in [0.15, 0.2) is 42.5 Å². The molecule has 0 heterocycles. The number of Topliss-reactive ketones (excluding diaryl/α,β-unsaturated/α-hetero) is 1. The van der Waals surface area contributed by atoms with Gasteiger partial charge in [-0.25, -0.2) is 0 Å². The fraction of sp³-hybridized carbons (Fsp3) is 0.316. The molecule has 0 spiro atoms. The van der Waals surface area contributed by atoms with Crippen LogP contribution in [-0.4, -0.2) is 40.8 Å². The molecule has 0 aliphatic rings. The van der Waals surface area contributed by atoms with Gasteiger partial charge in [0.25, 0.3) is 0 Å². The van der Waals surface area contributed by atoms with E-state index < -0.39 is 7.60 Å². The van der Waals surface area contributed by atoms with Crippen LogP contribution < -0.4 is 19.5 Å². The van der Waals surface area contributed by atoms with E-state index in [1.54, 1.807) is 42.5 Å². The minimum Gasteiger partial charge on any atom is -0.496 e. The summed E-state index contributed by atoms with van der Waals surface area (Å²) in [6.45, 7) is -0.0861. The van der Waals surface area contributed by atoms with Crippen molar-refractivity contribution in [2.24, 2.45) is 0 Å². The van der Waals surface area contributed by atoms with Crippen molar-refractivity contribution < 1.29 is 32.6 Å². The molecule has 0 saturated carbocycles. The molecule has 1 atom stereocenters. The molecule has 2 aromatic rings. The zero-order chi connectivity index (χ0) is 19.9. The lowest BCUT2D eigenvalue weighted by Crippen LogP contribution is -2.12. The Labute approximate surface area is 158 Å². The number of benzene rings is 2. The lowest BCUT2D eigenvalue weighted by molar-refractivity contribution is 0.0953. The van der Waals surface area contributed by atoms with Crippen molar-refractivity contribution in [2.75, 3.05) is 35.0 Å². The maximum atomic E-state index is 12.8. The molecular weight excluding hydrogens is 371 g/mol. The highest BCUT2D eigenvalue weighted by Gasteiger charge is 2.27. The summed E-state index contributed by atoms with van der Waals surface area (Å²) < 4.78 is 39.1. The molecule has 0 N–H and O–H groups in total. The van der Waals surface area contributed by atoms with Crippen LogP contribution in [0.1, 0.15) is 16.8 Å². The molecule has 2 rings (SSSR count). The predicted molar refractivity (Wildman–Crippen MR) is 102 cm³/mol. The second kappa shape index (κ2) is 9.55. The van der Waals surface area contributed by atoms with Crippen molar-refractivity contribution in [2.45, 2.75) is 6.42 Å². The van der Waals surface area contributed by atoms with Gasteiger partial charge in [0.05, 0.1) is 33.2 Å². The van der Waals surface area contributed by atoms with Gasteiger partial charge in [-0.05, 0) is 12.1 Å². The Morgan fingerprint density at radius 2 is 1.52 bits per heavy atom. The molecule has 0 amide bonds. The highest BCUT2D eigenvalue weighted by Crippen LogP contribution is 2.46. The summed E-state index contributed by atoms with van der Waals surface area (Å²) in [6.07, 6.45) is -0.0285. The first-order chi connectivity index (χ1) is 13.0. The van der Waals surface area contributed by atoms with Crippen molar-refractivity contribution in [3.05, 3.63) is 48.0 Å². The molecule has 7 nitrogen and oxygen atoms in total. The monoisotopic (exact) mass is 394 g/mol. The van der Waals surface area contributed by atoms with Crippen molar-refractivity contribution in [1.82, 2.24) is 0 Å². The number of hydrogen-bond donors (Lipinski definition) is 0. The van der Waals surface area contributed by atoms with Crippen LogP contribution in [0.5, 0.6) is 17.2 Å². The molecule has 0 saturated heterocycles. The molecule has 0 fully saturated rings.